The fraction of sp³-hybridized carbons (Fsp3) is 0.105. The van der Waals surface area contributed by atoms with Crippen LogP contribution in [0.25, 0.3) is 10.9 Å². The number of para-hydroxylation sites is 1. The van der Waals surface area contributed by atoms with Crippen molar-refractivity contribution in [3.63, 3.8) is 0 Å². The highest BCUT2D eigenvalue weighted by molar-refractivity contribution is 8.00. The molecule has 3 aromatic rings. The lowest BCUT2D eigenvalue weighted by Gasteiger charge is -2.05. The van der Waals surface area contributed by atoms with Crippen molar-refractivity contribution in [2.24, 2.45) is 5.10 Å². The van der Waals surface area contributed by atoms with Crippen LogP contribution in [0.2, 0.25) is 0 Å². The van der Waals surface area contributed by atoms with Gasteiger partial charge in [0.15, 0.2) is 0 Å². The minimum atomic E-state index is -0.305. The number of aromatic nitrogens is 1. The second-order valence-corrected chi connectivity index (χ2v) is 6.38. The molecular formula is C19H16FN3OS. The number of hydrogen-bond acceptors (Lipinski definition) is 4. The third-order valence-electron chi connectivity index (χ3n) is 3.56. The van der Waals surface area contributed by atoms with Gasteiger partial charge in [-0.1, -0.05) is 30.3 Å². The van der Waals surface area contributed by atoms with E-state index < -0.39 is 0 Å². The van der Waals surface area contributed by atoms with E-state index in [1.807, 2.05) is 30.3 Å². The van der Waals surface area contributed by atoms with Crippen LogP contribution in [0.3, 0.4) is 0 Å². The summed E-state index contributed by atoms with van der Waals surface area (Å²) in [4.78, 5) is 17.3. The highest BCUT2D eigenvalue weighted by Crippen LogP contribution is 2.25. The first-order valence-corrected chi connectivity index (χ1v) is 8.67. The zero-order valence-corrected chi connectivity index (χ0v) is 14.4. The van der Waals surface area contributed by atoms with Gasteiger partial charge in [-0.2, -0.15) is 5.10 Å². The molecule has 25 heavy (non-hydrogen) atoms. The molecule has 0 saturated heterocycles. The number of thioether (sulfide) groups is 1. The summed E-state index contributed by atoms with van der Waals surface area (Å²) in [5.74, 6) is -0.282. The molecule has 1 aromatic heterocycles. The second kappa shape index (κ2) is 7.90. The molecule has 0 aliphatic heterocycles. The van der Waals surface area contributed by atoms with Crippen molar-refractivity contribution >= 4 is 34.3 Å². The Kier molecular flexibility index (Phi) is 5.40. The number of fused-ring (bicyclic) bond motifs is 1. The average Bonchev–Trinajstić information content (AvgIpc) is 2.65. The number of halogens is 1. The molecule has 126 valence electrons. The van der Waals surface area contributed by atoms with Crippen molar-refractivity contribution in [3.8, 4) is 0 Å². The van der Waals surface area contributed by atoms with Crippen LogP contribution in [0.1, 0.15) is 12.5 Å². The van der Waals surface area contributed by atoms with Crippen LogP contribution in [0.5, 0.6) is 0 Å². The van der Waals surface area contributed by atoms with E-state index >= 15 is 0 Å². The lowest BCUT2D eigenvalue weighted by molar-refractivity contribution is -0.118. The first-order valence-electron chi connectivity index (χ1n) is 7.69. The lowest BCUT2D eigenvalue weighted by atomic mass is 10.1. The number of amides is 1. The van der Waals surface area contributed by atoms with Crippen molar-refractivity contribution in [1.29, 1.82) is 0 Å². The summed E-state index contributed by atoms with van der Waals surface area (Å²) in [5.41, 5.74) is 4.78. The molecular weight excluding hydrogens is 337 g/mol. The Morgan fingerprint density at radius 1 is 1.16 bits per heavy atom. The molecule has 0 unspecified atom stereocenters. The molecule has 3 rings (SSSR count). The standard InChI is InChI=1S/C19H16FN3OS/c1-13(14-7-9-16(20)10-8-14)22-23-18(24)12-25-17-6-2-4-15-5-3-11-21-19(15)17/h2-11H,12H2,1H3,(H,23,24)/b22-13-. The van der Waals surface area contributed by atoms with Gasteiger partial charge >= 0.3 is 0 Å². The van der Waals surface area contributed by atoms with E-state index in [1.54, 1.807) is 25.3 Å². The Bertz CT molecular complexity index is 920. The van der Waals surface area contributed by atoms with Crippen LogP contribution in [0, 0.1) is 5.82 Å². The third-order valence-corrected chi connectivity index (χ3v) is 4.61. The largest absolute Gasteiger partial charge is 0.272 e. The number of pyridine rings is 1. The zero-order valence-electron chi connectivity index (χ0n) is 13.6. The minimum absolute atomic E-state index is 0.209. The number of benzene rings is 2. The second-order valence-electron chi connectivity index (χ2n) is 5.36. The number of hydrazone groups is 1. The Labute approximate surface area is 149 Å². The van der Waals surface area contributed by atoms with Crippen molar-refractivity contribution in [3.05, 3.63) is 72.2 Å². The molecule has 4 nitrogen and oxygen atoms in total. The van der Waals surface area contributed by atoms with Crippen LogP contribution < -0.4 is 5.43 Å². The van der Waals surface area contributed by atoms with E-state index in [9.17, 15) is 9.18 Å². The van der Waals surface area contributed by atoms with E-state index in [1.165, 1.54) is 23.9 Å². The monoisotopic (exact) mass is 353 g/mol. The van der Waals surface area contributed by atoms with Crippen LogP contribution >= 0.6 is 11.8 Å². The van der Waals surface area contributed by atoms with Crippen LogP contribution in [0.4, 0.5) is 4.39 Å². The average molecular weight is 353 g/mol. The summed E-state index contributed by atoms with van der Waals surface area (Å²) >= 11 is 1.41. The molecule has 2 aromatic carbocycles. The zero-order chi connectivity index (χ0) is 17.6. The Balaban J connectivity index is 1.61. The summed E-state index contributed by atoms with van der Waals surface area (Å²) in [6, 6.07) is 15.7. The van der Waals surface area contributed by atoms with Crippen molar-refractivity contribution < 1.29 is 9.18 Å². The van der Waals surface area contributed by atoms with Crippen LogP contribution in [0.15, 0.2) is 70.8 Å². The highest BCUT2D eigenvalue weighted by atomic mass is 32.2. The van der Waals surface area contributed by atoms with E-state index in [0.717, 1.165) is 21.4 Å². The molecule has 0 bridgehead atoms. The first kappa shape index (κ1) is 17.1. The predicted molar refractivity (Wildman–Crippen MR) is 99.2 cm³/mol. The SMILES string of the molecule is C/C(=N/NC(=O)CSc1cccc2cccnc12)c1ccc(F)cc1. The molecule has 0 spiro atoms. The smallest absolute Gasteiger partial charge is 0.250 e. The third kappa shape index (κ3) is 4.42. The summed E-state index contributed by atoms with van der Waals surface area (Å²) in [5, 5.41) is 5.10. The van der Waals surface area contributed by atoms with Gasteiger partial charge in [-0.25, -0.2) is 9.82 Å². The molecule has 0 saturated carbocycles. The van der Waals surface area contributed by atoms with Crippen LogP contribution in [-0.2, 0) is 4.79 Å². The van der Waals surface area contributed by atoms with Crippen molar-refractivity contribution in [1.82, 2.24) is 10.4 Å². The molecule has 0 aliphatic rings. The fourth-order valence-corrected chi connectivity index (χ4v) is 3.10. The van der Waals surface area contributed by atoms with Gasteiger partial charge in [0, 0.05) is 16.5 Å². The lowest BCUT2D eigenvalue weighted by Crippen LogP contribution is -2.21. The maximum absolute atomic E-state index is 12.9. The number of carbonyl (C=O) groups is 1. The van der Waals surface area contributed by atoms with Gasteiger partial charge in [-0.05, 0) is 36.8 Å². The van der Waals surface area contributed by atoms with E-state index in [4.69, 9.17) is 0 Å². The molecule has 0 fully saturated rings. The van der Waals surface area contributed by atoms with Gasteiger partial charge in [0.05, 0.1) is 17.0 Å². The summed E-state index contributed by atoms with van der Waals surface area (Å²) in [7, 11) is 0. The minimum Gasteiger partial charge on any atom is -0.272 e. The fourth-order valence-electron chi connectivity index (χ4n) is 2.27. The van der Waals surface area contributed by atoms with E-state index in [0.29, 0.717) is 5.71 Å². The molecule has 0 atom stereocenters. The van der Waals surface area contributed by atoms with Gasteiger partial charge in [-0.15, -0.1) is 11.8 Å². The normalized spacial score (nSPS) is 11.5. The highest BCUT2D eigenvalue weighted by Gasteiger charge is 2.06. The topological polar surface area (TPSA) is 54.4 Å². The molecule has 1 N–H and O–H groups in total. The molecule has 6 heteroatoms. The van der Waals surface area contributed by atoms with Crippen molar-refractivity contribution in [2.45, 2.75) is 11.8 Å². The molecule has 0 radical (unpaired) electrons. The summed E-state index contributed by atoms with van der Waals surface area (Å²) in [6.45, 7) is 1.76. The summed E-state index contributed by atoms with van der Waals surface area (Å²) in [6.07, 6.45) is 1.74. The molecule has 1 amide bonds. The number of carbonyl (C=O) groups excluding carboxylic acids is 1. The molecule has 1 heterocycles. The van der Waals surface area contributed by atoms with Crippen molar-refractivity contribution in [2.75, 3.05) is 5.75 Å². The molecule has 0 aliphatic carbocycles. The Morgan fingerprint density at radius 3 is 2.72 bits per heavy atom. The van der Waals surface area contributed by atoms with Crippen LogP contribution in [-0.4, -0.2) is 22.4 Å². The number of hydrogen-bond donors (Lipinski definition) is 1. The van der Waals surface area contributed by atoms with Gasteiger partial charge in [-0.3, -0.25) is 9.78 Å². The number of rotatable bonds is 5. The van der Waals surface area contributed by atoms with Gasteiger partial charge < -0.3 is 0 Å². The van der Waals surface area contributed by atoms with E-state index in [2.05, 4.69) is 15.5 Å². The predicted octanol–water partition coefficient (Wildman–Crippen LogP) is 4.01. The quantitative estimate of drug-likeness (QED) is 0.428. The maximum atomic E-state index is 12.9. The summed E-state index contributed by atoms with van der Waals surface area (Å²) < 4.78 is 12.9. The Hall–Kier alpha value is -2.73. The first-order chi connectivity index (χ1) is 12.1. The Morgan fingerprint density at radius 2 is 1.92 bits per heavy atom. The maximum Gasteiger partial charge on any atom is 0.250 e. The van der Waals surface area contributed by atoms with Gasteiger partial charge in [0.2, 0.25) is 5.91 Å². The number of nitrogens with one attached hydrogen (secondary N) is 1. The van der Waals surface area contributed by atoms with Gasteiger partial charge in [0.25, 0.3) is 0 Å². The van der Waals surface area contributed by atoms with Gasteiger partial charge in [0.1, 0.15) is 5.82 Å². The van der Waals surface area contributed by atoms with E-state index in [-0.39, 0.29) is 17.5 Å². The number of nitrogens with zero attached hydrogens (tertiary/aromatic N) is 2.